The second kappa shape index (κ2) is 7.79. The molecule has 5 heteroatoms. The van der Waals surface area contributed by atoms with Crippen molar-refractivity contribution in [3.05, 3.63) is 88.7 Å². The van der Waals surface area contributed by atoms with E-state index in [0.29, 0.717) is 23.7 Å². The van der Waals surface area contributed by atoms with Gasteiger partial charge >= 0.3 is 0 Å². The van der Waals surface area contributed by atoms with Gasteiger partial charge < -0.3 is 5.32 Å². The number of hydrogen-bond acceptors (Lipinski definition) is 2. The molecule has 0 saturated carbocycles. The van der Waals surface area contributed by atoms with Gasteiger partial charge in [-0.2, -0.15) is 5.10 Å². The van der Waals surface area contributed by atoms with Crippen molar-refractivity contribution >= 4 is 17.5 Å². The van der Waals surface area contributed by atoms with Gasteiger partial charge in [-0.25, -0.2) is 0 Å². The summed E-state index contributed by atoms with van der Waals surface area (Å²) in [5, 5.41) is 7.88. The minimum atomic E-state index is -0.108. The number of carbonyl (C=O) groups excluding carboxylic acids is 1. The summed E-state index contributed by atoms with van der Waals surface area (Å²) in [4.78, 5) is 12.2. The summed E-state index contributed by atoms with van der Waals surface area (Å²) in [5.41, 5.74) is 2.86. The quantitative estimate of drug-likeness (QED) is 0.746. The van der Waals surface area contributed by atoms with Crippen LogP contribution in [0.25, 0.3) is 0 Å². The van der Waals surface area contributed by atoms with E-state index in [4.69, 9.17) is 11.6 Å². The van der Waals surface area contributed by atoms with Crippen LogP contribution in [0.1, 0.15) is 21.5 Å². The molecular formula is C19H18ClN3O. The first-order chi connectivity index (χ1) is 11.7. The highest BCUT2D eigenvalue weighted by molar-refractivity contribution is 6.30. The molecule has 2 aromatic carbocycles. The minimum Gasteiger partial charge on any atom is -0.352 e. The molecule has 122 valence electrons. The summed E-state index contributed by atoms with van der Waals surface area (Å²) in [6.45, 7) is 1.23. The summed E-state index contributed by atoms with van der Waals surface area (Å²) >= 11 is 5.86. The number of carbonyl (C=O) groups is 1. The third-order valence-electron chi connectivity index (χ3n) is 3.70. The number of nitrogens with zero attached hydrogens (tertiary/aromatic N) is 2. The van der Waals surface area contributed by atoms with Gasteiger partial charge in [0.2, 0.25) is 0 Å². The first kappa shape index (κ1) is 16.3. The van der Waals surface area contributed by atoms with E-state index in [1.165, 1.54) is 0 Å². The fraction of sp³-hybridized carbons (Fsp3) is 0.158. The van der Waals surface area contributed by atoms with Crippen LogP contribution in [-0.2, 0) is 13.0 Å². The molecule has 0 atom stereocenters. The van der Waals surface area contributed by atoms with Gasteiger partial charge in [0.15, 0.2) is 0 Å². The lowest BCUT2D eigenvalue weighted by Crippen LogP contribution is -2.25. The molecular weight excluding hydrogens is 322 g/mol. The first-order valence-electron chi connectivity index (χ1n) is 7.80. The van der Waals surface area contributed by atoms with E-state index >= 15 is 0 Å². The average Bonchev–Trinajstić information content (AvgIpc) is 3.06. The Bertz CT molecular complexity index is 797. The van der Waals surface area contributed by atoms with Crippen LogP contribution in [0.2, 0.25) is 5.02 Å². The molecule has 0 aliphatic carbocycles. The zero-order chi connectivity index (χ0) is 16.8. The van der Waals surface area contributed by atoms with Crippen molar-refractivity contribution in [1.82, 2.24) is 15.1 Å². The van der Waals surface area contributed by atoms with E-state index < -0.39 is 0 Å². The van der Waals surface area contributed by atoms with Crippen molar-refractivity contribution in [3.8, 4) is 0 Å². The fourth-order valence-electron chi connectivity index (χ4n) is 2.41. The van der Waals surface area contributed by atoms with Crippen molar-refractivity contribution < 1.29 is 4.79 Å². The Morgan fingerprint density at radius 1 is 1.04 bits per heavy atom. The lowest BCUT2D eigenvalue weighted by molar-refractivity contribution is 0.0954. The van der Waals surface area contributed by atoms with Gasteiger partial charge in [-0.15, -0.1) is 0 Å². The smallest absolute Gasteiger partial charge is 0.254 e. The van der Waals surface area contributed by atoms with Gasteiger partial charge in [-0.3, -0.25) is 9.48 Å². The molecule has 0 spiro atoms. The predicted octanol–water partition coefficient (Wildman–Crippen LogP) is 3.56. The first-order valence-corrected chi connectivity index (χ1v) is 8.17. The summed E-state index contributed by atoms with van der Waals surface area (Å²) in [6.07, 6.45) is 4.13. The molecule has 0 fully saturated rings. The molecule has 0 bridgehead atoms. The van der Waals surface area contributed by atoms with Gasteiger partial charge in [-0.1, -0.05) is 54.1 Å². The lowest BCUT2D eigenvalue weighted by Gasteiger charge is -2.04. The second-order valence-electron chi connectivity index (χ2n) is 5.54. The summed E-state index contributed by atoms with van der Waals surface area (Å²) < 4.78 is 1.77. The van der Waals surface area contributed by atoms with Gasteiger partial charge in [0.25, 0.3) is 5.91 Å². The minimum absolute atomic E-state index is 0.108. The Labute approximate surface area is 146 Å². The van der Waals surface area contributed by atoms with E-state index in [9.17, 15) is 4.79 Å². The maximum Gasteiger partial charge on any atom is 0.254 e. The van der Waals surface area contributed by atoms with Crippen LogP contribution in [0.3, 0.4) is 0 Å². The van der Waals surface area contributed by atoms with Crippen molar-refractivity contribution in [3.63, 3.8) is 0 Å². The van der Waals surface area contributed by atoms with E-state index in [1.54, 1.807) is 17.1 Å². The summed E-state index contributed by atoms with van der Waals surface area (Å²) in [6, 6.07) is 17.7. The van der Waals surface area contributed by atoms with Crippen molar-refractivity contribution in [2.75, 3.05) is 6.54 Å². The molecule has 0 saturated heterocycles. The largest absolute Gasteiger partial charge is 0.352 e. The van der Waals surface area contributed by atoms with Crippen LogP contribution in [0.5, 0.6) is 0 Å². The Morgan fingerprint density at radius 3 is 2.54 bits per heavy atom. The highest BCUT2D eigenvalue weighted by Crippen LogP contribution is 2.09. The van der Waals surface area contributed by atoms with Crippen LogP contribution < -0.4 is 5.32 Å². The van der Waals surface area contributed by atoms with Crippen LogP contribution in [0.4, 0.5) is 0 Å². The van der Waals surface area contributed by atoms with Gasteiger partial charge in [0.05, 0.1) is 18.3 Å². The Hall–Kier alpha value is -2.59. The number of nitrogens with one attached hydrogen (secondary N) is 1. The predicted molar refractivity (Wildman–Crippen MR) is 95.3 cm³/mol. The molecule has 1 N–H and O–H groups in total. The van der Waals surface area contributed by atoms with Crippen LogP contribution >= 0.6 is 11.6 Å². The van der Waals surface area contributed by atoms with Crippen LogP contribution in [-0.4, -0.2) is 22.2 Å². The monoisotopic (exact) mass is 339 g/mol. The van der Waals surface area contributed by atoms with E-state index in [1.807, 2.05) is 54.6 Å². The Morgan fingerprint density at radius 2 is 1.79 bits per heavy atom. The molecule has 1 aromatic heterocycles. The van der Waals surface area contributed by atoms with E-state index in [0.717, 1.165) is 17.5 Å². The van der Waals surface area contributed by atoms with Crippen LogP contribution in [0.15, 0.2) is 67.0 Å². The number of halogens is 1. The van der Waals surface area contributed by atoms with Crippen molar-refractivity contribution in [2.45, 2.75) is 13.0 Å². The third kappa shape index (κ3) is 4.46. The van der Waals surface area contributed by atoms with Crippen LogP contribution in [0, 0.1) is 0 Å². The normalized spacial score (nSPS) is 10.5. The van der Waals surface area contributed by atoms with Gasteiger partial charge in [0.1, 0.15) is 0 Å². The van der Waals surface area contributed by atoms with E-state index in [-0.39, 0.29) is 5.91 Å². The van der Waals surface area contributed by atoms with Gasteiger partial charge in [0, 0.05) is 17.8 Å². The molecule has 4 nitrogen and oxygen atoms in total. The number of hydrogen-bond donors (Lipinski definition) is 1. The molecule has 1 amide bonds. The molecule has 0 aliphatic heterocycles. The molecule has 1 heterocycles. The number of aromatic nitrogens is 2. The topological polar surface area (TPSA) is 46.9 Å². The molecule has 0 radical (unpaired) electrons. The Kier molecular flexibility index (Phi) is 5.29. The molecule has 3 rings (SSSR count). The maximum absolute atomic E-state index is 12.2. The highest BCUT2D eigenvalue weighted by Gasteiger charge is 2.08. The number of benzene rings is 2. The van der Waals surface area contributed by atoms with Crippen molar-refractivity contribution in [1.29, 1.82) is 0 Å². The van der Waals surface area contributed by atoms with Gasteiger partial charge in [-0.05, 0) is 29.7 Å². The standard InChI is InChI=1S/C19H18ClN3O/c20-18-8-6-15(7-9-18)10-11-21-19(24)17-12-22-23(14-17)13-16-4-2-1-3-5-16/h1-9,12,14H,10-11,13H2,(H,21,24). The lowest BCUT2D eigenvalue weighted by atomic mass is 10.1. The summed E-state index contributed by atoms with van der Waals surface area (Å²) in [7, 11) is 0. The molecule has 0 unspecified atom stereocenters. The Balaban J connectivity index is 1.51. The van der Waals surface area contributed by atoms with Crippen molar-refractivity contribution in [2.24, 2.45) is 0 Å². The zero-order valence-electron chi connectivity index (χ0n) is 13.2. The zero-order valence-corrected chi connectivity index (χ0v) is 13.9. The summed E-state index contributed by atoms with van der Waals surface area (Å²) in [5.74, 6) is -0.108. The number of amides is 1. The van der Waals surface area contributed by atoms with E-state index in [2.05, 4.69) is 10.4 Å². The molecule has 24 heavy (non-hydrogen) atoms. The average molecular weight is 340 g/mol. The number of rotatable bonds is 6. The second-order valence-corrected chi connectivity index (χ2v) is 5.98. The molecule has 3 aromatic rings. The molecule has 0 aliphatic rings. The third-order valence-corrected chi connectivity index (χ3v) is 3.95. The maximum atomic E-state index is 12.2. The SMILES string of the molecule is O=C(NCCc1ccc(Cl)cc1)c1cnn(Cc2ccccc2)c1. The fourth-order valence-corrected chi connectivity index (χ4v) is 2.54. The highest BCUT2D eigenvalue weighted by atomic mass is 35.5.